The zero-order chi connectivity index (χ0) is 31.6. The summed E-state index contributed by atoms with van der Waals surface area (Å²) in [7, 11) is 0. The van der Waals surface area contributed by atoms with Gasteiger partial charge in [-0.25, -0.2) is 0 Å². The molecule has 0 amide bonds. The van der Waals surface area contributed by atoms with Crippen molar-refractivity contribution in [1.82, 2.24) is 0 Å². The van der Waals surface area contributed by atoms with Crippen molar-refractivity contribution in [3.8, 4) is 29.2 Å². The minimum atomic E-state index is -2.63. The van der Waals surface area contributed by atoms with Gasteiger partial charge in [-0.1, -0.05) is 58.0 Å². The molecule has 2 aromatic carbocycles. The number of hydrogen-bond donors (Lipinski definition) is 4. The molecule has 1 fully saturated rings. The largest absolute Gasteiger partial charge is 0.508 e. The number of aliphatic hydroxyl groups excluding tert-OH is 2. The Labute approximate surface area is 252 Å². The molecular formula is C36H38O7. The maximum atomic E-state index is 14.4. The van der Waals surface area contributed by atoms with Crippen LogP contribution in [0.15, 0.2) is 53.3 Å². The summed E-state index contributed by atoms with van der Waals surface area (Å²) in [5, 5.41) is 46.2. The first-order valence-electron chi connectivity index (χ1n) is 14.7. The highest BCUT2D eigenvalue weighted by atomic mass is 16.3. The van der Waals surface area contributed by atoms with Crippen molar-refractivity contribution in [3.05, 3.63) is 70.0 Å². The first-order chi connectivity index (χ1) is 20.1. The van der Waals surface area contributed by atoms with Gasteiger partial charge >= 0.3 is 0 Å². The van der Waals surface area contributed by atoms with Crippen LogP contribution in [0.2, 0.25) is 0 Å². The number of benzene rings is 2. The number of unbranched alkanes of at least 4 members (excludes halogenated alkanes) is 1. The fourth-order valence-electron chi connectivity index (χ4n) is 8.23. The van der Waals surface area contributed by atoms with Gasteiger partial charge in [0.05, 0.1) is 5.56 Å². The molecule has 0 bridgehead atoms. The zero-order valence-electron chi connectivity index (χ0n) is 25.2. The molecule has 0 aromatic heterocycles. The molecule has 3 aliphatic carbocycles. The molecular weight excluding hydrogens is 544 g/mol. The van der Waals surface area contributed by atoms with E-state index in [0.717, 1.165) is 36.5 Å². The predicted molar refractivity (Wildman–Crippen MR) is 163 cm³/mol. The Balaban J connectivity index is 1.71. The van der Waals surface area contributed by atoms with Crippen LogP contribution in [0.4, 0.5) is 0 Å². The quantitative estimate of drug-likeness (QED) is 0.192. The number of phenols is 1. The van der Waals surface area contributed by atoms with Gasteiger partial charge in [0.1, 0.15) is 22.8 Å². The number of fused-ring (bicyclic) bond motifs is 3. The molecule has 0 aliphatic heterocycles. The van der Waals surface area contributed by atoms with E-state index in [1.165, 1.54) is 6.07 Å². The molecule has 1 saturated carbocycles. The number of carbonyl (C=O) groups excluding carboxylic acids is 3. The van der Waals surface area contributed by atoms with Crippen LogP contribution in [0.25, 0.3) is 16.9 Å². The molecule has 0 radical (unpaired) electrons. The highest BCUT2D eigenvalue weighted by molar-refractivity contribution is 6.24. The van der Waals surface area contributed by atoms with E-state index in [4.69, 9.17) is 6.42 Å². The van der Waals surface area contributed by atoms with Gasteiger partial charge in [-0.3, -0.25) is 14.4 Å². The molecule has 4 atom stereocenters. The standard InChI is InChI=1S/C36H38O7/c1-7-8-9-10-21-11-13-22(14-12-21)23-15-16-25(38)27-24(23)17-34(5)18-35(6)28(19(2)3)30(39)26(20(4)37)32(41)36(35,43)33(42)29(34)31(27)40/h1,11-16,19,28,38,40-41,43H,8-10,17-18H2,2-6H3/t28?,34-,35-,36+/m1/s1. The third-order valence-electron chi connectivity index (χ3n) is 9.94. The molecule has 0 spiro atoms. The number of aliphatic hydroxyl groups is 3. The SMILES string of the molecule is C#CCCCc1ccc(-c2ccc(O)c3c2C[C@]2(C)C[C@]4(C)C(C(C)C)C(=O)C(C(C)=O)=C(O)[C@]4(O)C(=O)C2=C3O)cc1. The van der Waals surface area contributed by atoms with Gasteiger partial charge in [0.2, 0.25) is 5.78 Å². The maximum Gasteiger partial charge on any atom is 0.203 e. The average Bonchev–Trinajstić information content (AvgIpc) is 2.91. The molecule has 7 heteroatoms. The minimum Gasteiger partial charge on any atom is -0.508 e. The van der Waals surface area contributed by atoms with Crippen LogP contribution in [0.5, 0.6) is 5.75 Å². The third-order valence-corrected chi connectivity index (χ3v) is 9.94. The monoisotopic (exact) mass is 582 g/mol. The summed E-state index contributed by atoms with van der Waals surface area (Å²) in [4.78, 5) is 40.6. The van der Waals surface area contributed by atoms with Gasteiger partial charge in [-0.15, -0.1) is 12.3 Å². The van der Waals surface area contributed by atoms with Gasteiger partial charge in [0.15, 0.2) is 17.2 Å². The number of terminal acetylenes is 1. The van der Waals surface area contributed by atoms with E-state index >= 15 is 0 Å². The Morgan fingerprint density at radius 1 is 1.07 bits per heavy atom. The summed E-state index contributed by atoms with van der Waals surface area (Å²) in [5.74, 6) is -2.68. The minimum absolute atomic E-state index is 0.0497. The van der Waals surface area contributed by atoms with Crippen molar-refractivity contribution in [2.75, 3.05) is 0 Å². The third kappa shape index (κ3) is 4.18. The second kappa shape index (κ2) is 10.2. The number of Topliss-reactive ketones (excluding diaryl/α,β-unsaturated/α-hetero) is 3. The number of ketones is 3. The van der Waals surface area contributed by atoms with E-state index in [2.05, 4.69) is 5.92 Å². The molecule has 7 nitrogen and oxygen atoms in total. The Kier molecular flexibility index (Phi) is 7.22. The maximum absolute atomic E-state index is 14.4. The number of phenolic OH excluding ortho intramolecular Hbond substituents is 1. The van der Waals surface area contributed by atoms with Crippen LogP contribution in [-0.4, -0.2) is 43.4 Å². The Morgan fingerprint density at radius 2 is 1.72 bits per heavy atom. The molecule has 1 unspecified atom stereocenters. The van der Waals surface area contributed by atoms with E-state index < -0.39 is 56.8 Å². The normalized spacial score (nSPS) is 28.4. The number of aryl methyl sites for hydroxylation is 1. The second-order valence-electron chi connectivity index (χ2n) is 13.2. The number of aromatic hydroxyl groups is 1. The number of hydrogen-bond acceptors (Lipinski definition) is 7. The zero-order valence-corrected chi connectivity index (χ0v) is 25.2. The number of carbonyl (C=O) groups is 3. The molecule has 2 aromatic rings. The molecule has 5 rings (SSSR count). The van der Waals surface area contributed by atoms with Crippen molar-refractivity contribution in [3.63, 3.8) is 0 Å². The summed E-state index contributed by atoms with van der Waals surface area (Å²) in [6.45, 7) is 8.09. The molecule has 4 N–H and O–H groups in total. The smallest absolute Gasteiger partial charge is 0.203 e. The van der Waals surface area contributed by atoms with Crippen LogP contribution in [0.3, 0.4) is 0 Å². The van der Waals surface area contributed by atoms with Crippen LogP contribution in [-0.2, 0) is 27.2 Å². The van der Waals surface area contributed by atoms with Crippen molar-refractivity contribution >= 4 is 23.1 Å². The fourth-order valence-corrected chi connectivity index (χ4v) is 8.23. The van der Waals surface area contributed by atoms with Crippen molar-refractivity contribution < 1.29 is 34.8 Å². The van der Waals surface area contributed by atoms with E-state index in [0.29, 0.717) is 12.0 Å². The molecule has 224 valence electrons. The lowest BCUT2D eigenvalue weighted by molar-refractivity contribution is -0.178. The lowest BCUT2D eigenvalue weighted by Gasteiger charge is -2.59. The van der Waals surface area contributed by atoms with E-state index in [9.17, 15) is 34.8 Å². The fraction of sp³-hybridized carbons (Fsp3) is 0.417. The van der Waals surface area contributed by atoms with Gasteiger partial charge in [0, 0.05) is 28.7 Å². The molecule has 43 heavy (non-hydrogen) atoms. The molecule has 0 heterocycles. The number of allylic oxidation sites excluding steroid dienone is 1. The molecule has 0 saturated heterocycles. The van der Waals surface area contributed by atoms with Crippen LogP contribution in [0.1, 0.15) is 70.6 Å². The van der Waals surface area contributed by atoms with Crippen LogP contribution in [0, 0.1) is 35.0 Å². The first-order valence-corrected chi connectivity index (χ1v) is 14.7. The Hall–Kier alpha value is -4.15. The highest BCUT2D eigenvalue weighted by Gasteiger charge is 2.72. The van der Waals surface area contributed by atoms with E-state index in [1.54, 1.807) is 33.8 Å². The van der Waals surface area contributed by atoms with Crippen molar-refractivity contribution in [2.45, 2.75) is 72.3 Å². The highest BCUT2D eigenvalue weighted by Crippen LogP contribution is 2.65. The predicted octanol–water partition coefficient (Wildman–Crippen LogP) is 5.81. The summed E-state index contributed by atoms with van der Waals surface area (Å²) in [5.41, 5.74) is -2.42. The molecule has 3 aliphatic rings. The van der Waals surface area contributed by atoms with Crippen LogP contribution < -0.4 is 0 Å². The first kappa shape index (κ1) is 30.3. The van der Waals surface area contributed by atoms with Gasteiger partial charge < -0.3 is 20.4 Å². The van der Waals surface area contributed by atoms with Gasteiger partial charge in [0.25, 0.3) is 0 Å². The van der Waals surface area contributed by atoms with Crippen molar-refractivity contribution in [1.29, 1.82) is 0 Å². The summed E-state index contributed by atoms with van der Waals surface area (Å²) >= 11 is 0. The topological polar surface area (TPSA) is 132 Å². The second-order valence-corrected chi connectivity index (χ2v) is 13.2. The lowest BCUT2D eigenvalue weighted by atomic mass is 9.43. The van der Waals surface area contributed by atoms with Crippen molar-refractivity contribution in [2.24, 2.45) is 22.7 Å². The van der Waals surface area contributed by atoms with E-state index in [1.807, 2.05) is 24.3 Å². The summed E-state index contributed by atoms with van der Waals surface area (Å²) in [6.07, 6.45) is 8.06. The van der Waals surface area contributed by atoms with Gasteiger partial charge in [-0.05, 0) is 66.8 Å². The lowest BCUT2D eigenvalue weighted by Crippen LogP contribution is -2.69. The summed E-state index contributed by atoms with van der Waals surface area (Å²) < 4.78 is 0. The Bertz CT molecular complexity index is 1670. The number of rotatable bonds is 6. The van der Waals surface area contributed by atoms with E-state index in [-0.39, 0.29) is 35.6 Å². The average molecular weight is 583 g/mol. The summed E-state index contributed by atoms with van der Waals surface area (Å²) in [6, 6.07) is 11.2. The Morgan fingerprint density at radius 3 is 2.30 bits per heavy atom. The van der Waals surface area contributed by atoms with Gasteiger partial charge in [-0.2, -0.15) is 0 Å². The van der Waals surface area contributed by atoms with Crippen LogP contribution >= 0.6 is 0 Å².